The molecule has 0 amide bonds. The van der Waals surface area contributed by atoms with Crippen LogP contribution >= 0.6 is 11.3 Å². The molecule has 0 aliphatic carbocycles. The number of ether oxygens (including phenoxy) is 2. The minimum absolute atomic E-state index is 0.0312. The standard InChI is InChI=1S/C18H21N3O3S/c1-12-7-15(23-3)16(24-4)8-13(12)10-20(2)11-14-9-17(22)21-5-6-25-18(21)19-14/h5-9H,10-11H2,1-4H3/p+1. The fourth-order valence-electron chi connectivity index (χ4n) is 2.89. The van der Waals surface area contributed by atoms with E-state index in [9.17, 15) is 4.79 Å². The summed E-state index contributed by atoms with van der Waals surface area (Å²) < 4.78 is 12.3. The van der Waals surface area contributed by atoms with Gasteiger partial charge in [0.05, 0.1) is 21.3 Å². The summed E-state index contributed by atoms with van der Waals surface area (Å²) in [6, 6.07) is 5.62. The molecule has 0 aliphatic heterocycles. The quantitative estimate of drug-likeness (QED) is 0.720. The van der Waals surface area contributed by atoms with Crippen LogP contribution < -0.4 is 19.9 Å². The molecule has 1 atom stereocenters. The van der Waals surface area contributed by atoms with Crippen LogP contribution in [0.25, 0.3) is 4.96 Å². The molecule has 1 N–H and O–H groups in total. The summed E-state index contributed by atoms with van der Waals surface area (Å²) in [4.78, 5) is 18.6. The Labute approximate surface area is 150 Å². The Balaban J connectivity index is 1.79. The van der Waals surface area contributed by atoms with Crippen LogP contribution in [-0.2, 0) is 13.1 Å². The predicted octanol–water partition coefficient (Wildman–Crippen LogP) is 1.30. The minimum Gasteiger partial charge on any atom is -0.493 e. The van der Waals surface area contributed by atoms with Gasteiger partial charge in [0.1, 0.15) is 18.8 Å². The third kappa shape index (κ3) is 3.67. The summed E-state index contributed by atoms with van der Waals surface area (Å²) in [7, 11) is 5.37. The first kappa shape index (κ1) is 17.4. The third-order valence-corrected chi connectivity index (χ3v) is 4.93. The van der Waals surface area contributed by atoms with E-state index in [4.69, 9.17) is 9.47 Å². The number of hydrogen-bond donors (Lipinski definition) is 1. The fourth-order valence-corrected chi connectivity index (χ4v) is 3.63. The van der Waals surface area contributed by atoms with Gasteiger partial charge in [-0.3, -0.25) is 9.20 Å². The summed E-state index contributed by atoms with van der Waals surface area (Å²) in [6.45, 7) is 3.54. The number of nitrogens with one attached hydrogen (secondary N) is 1. The van der Waals surface area contributed by atoms with Crippen molar-refractivity contribution < 1.29 is 14.4 Å². The van der Waals surface area contributed by atoms with Crippen LogP contribution in [0.1, 0.15) is 16.8 Å². The van der Waals surface area contributed by atoms with Gasteiger partial charge >= 0.3 is 0 Å². The van der Waals surface area contributed by atoms with Gasteiger partial charge in [0, 0.05) is 23.2 Å². The zero-order chi connectivity index (χ0) is 18.0. The highest BCUT2D eigenvalue weighted by Gasteiger charge is 2.14. The molecule has 2 aromatic heterocycles. The fraction of sp³-hybridized carbons (Fsp3) is 0.333. The average Bonchev–Trinajstić information content (AvgIpc) is 3.05. The van der Waals surface area contributed by atoms with Crippen molar-refractivity contribution in [1.29, 1.82) is 0 Å². The van der Waals surface area contributed by atoms with E-state index in [2.05, 4.69) is 19.0 Å². The lowest BCUT2D eigenvalue weighted by atomic mass is 10.1. The van der Waals surface area contributed by atoms with Crippen LogP contribution in [0.2, 0.25) is 0 Å². The maximum absolute atomic E-state index is 12.1. The molecular weight excluding hydrogens is 338 g/mol. The van der Waals surface area contributed by atoms with Gasteiger partial charge in [0.25, 0.3) is 5.56 Å². The maximum atomic E-state index is 12.1. The molecule has 1 unspecified atom stereocenters. The van der Waals surface area contributed by atoms with Crippen LogP contribution in [0.3, 0.4) is 0 Å². The van der Waals surface area contributed by atoms with Gasteiger partial charge in [0.2, 0.25) is 0 Å². The van der Waals surface area contributed by atoms with Crippen LogP contribution in [0.5, 0.6) is 11.5 Å². The van der Waals surface area contributed by atoms with Gasteiger partial charge in [-0.2, -0.15) is 0 Å². The Morgan fingerprint density at radius 2 is 1.88 bits per heavy atom. The summed E-state index contributed by atoms with van der Waals surface area (Å²) in [5.41, 5.74) is 3.11. The number of rotatable bonds is 6. The summed E-state index contributed by atoms with van der Waals surface area (Å²) >= 11 is 1.47. The van der Waals surface area contributed by atoms with Gasteiger partial charge in [-0.25, -0.2) is 4.98 Å². The van der Waals surface area contributed by atoms with Crippen LogP contribution in [0.4, 0.5) is 0 Å². The molecule has 0 saturated heterocycles. The predicted molar refractivity (Wildman–Crippen MR) is 97.9 cm³/mol. The molecule has 3 rings (SSSR count). The molecule has 0 aliphatic rings. The molecule has 0 radical (unpaired) electrons. The third-order valence-electron chi connectivity index (χ3n) is 4.17. The van der Waals surface area contributed by atoms with E-state index in [0.717, 1.165) is 34.3 Å². The maximum Gasteiger partial charge on any atom is 0.258 e. The van der Waals surface area contributed by atoms with Crippen LogP contribution in [0.15, 0.2) is 34.6 Å². The number of aryl methyl sites for hydroxylation is 1. The second-order valence-corrected chi connectivity index (χ2v) is 6.96. The monoisotopic (exact) mass is 360 g/mol. The smallest absolute Gasteiger partial charge is 0.258 e. The van der Waals surface area contributed by atoms with Gasteiger partial charge in [-0.15, -0.1) is 11.3 Å². The van der Waals surface area contributed by atoms with E-state index in [1.807, 2.05) is 17.5 Å². The molecule has 0 saturated carbocycles. The first-order valence-corrected chi connectivity index (χ1v) is 8.88. The molecule has 0 fully saturated rings. The molecule has 132 valence electrons. The lowest BCUT2D eigenvalue weighted by Gasteiger charge is -2.17. The Bertz CT molecular complexity index is 948. The number of aromatic nitrogens is 2. The summed E-state index contributed by atoms with van der Waals surface area (Å²) in [6.07, 6.45) is 1.75. The van der Waals surface area contributed by atoms with E-state index in [0.29, 0.717) is 6.54 Å². The van der Waals surface area contributed by atoms with E-state index in [1.54, 1.807) is 30.9 Å². The second kappa shape index (κ2) is 7.25. The lowest BCUT2D eigenvalue weighted by Crippen LogP contribution is -3.06. The van der Waals surface area contributed by atoms with Crippen molar-refractivity contribution in [1.82, 2.24) is 9.38 Å². The number of methoxy groups -OCH3 is 2. The highest BCUT2D eigenvalue weighted by molar-refractivity contribution is 7.15. The van der Waals surface area contributed by atoms with Crippen molar-refractivity contribution in [3.05, 3.63) is 57.0 Å². The van der Waals surface area contributed by atoms with E-state index < -0.39 is 0 Å². The van der Waals surface area contributed by atoms with Crippen molar-refractivity contribution >= 4 is 16.3 Å². The van der Waals surface area contributed by atoms with Crippen molar-refractivity contribution in [3.8, 4) is 11.5 Å². The largest absolute Gasteiger partial charge is 0.493 e. The zero-order valence-electron chi connectivity index (χ0n) is 14.8. The van der Waals surface area contributed by atoms with E-state index in [1.165, 1.54) is 21.8 Å². The average molecular weight is 360 g/mol. The molecule has 1 aromatic carbocycles. The van der Waals surface area contributed by atoms with Crippen molar-refractivity contribution in [3.63, 3.8) is 0 Å². The molecule has 0 spiro atoms. The molecule has 25 heavy (non-hydrogen) atoms. The van der Waals surface area contributed by atoms with Crippen LogP contribution in [0, 0.1) is 6.92 Å². The SMILES string of the molecule is COc1cc(C)c(C[NH+](C)Cc2cc(=O)n3ccsc3n2)cc1OC. The van der Waals surface area contributed by atoms with Crippen LogP contribution in [-0.4, -0.2) is 30.7 Å². The minimum atomic E-state index is -0.0312. The number of thiazole rings is 1. The van der Waals surface area contributed by atoms with Gasteiger partial charge in [-0.1, -0.05) is 0 Å². The highest BCUT2D eigenvalue weighted by Crippen LogP contribution is 2.29. The molecular formula is C18H22N3O3S+. The number of hydrogen-bond acceptors (Lipinski definition) is 5. The normalized spacial score (nSPS) is 12.3. The summed E-state index contributed by atoms with van der Waals surface area (Å²) in [5.74, 6) is 1.46. The molecule has 3 aromatic rings. The Hall–Kier alpha value is -2.38. The van der Waals surface area contributed by atoms with Crippen molar-refractivity contribution in [2.24, 2.45) is 0 Å². The molecule has 0 bridgehead atoms. The Kier molecular flexibility index (Phi) is 5.06. The van der Waals surface area contributed by atoms with Gasteiger partial charge in [-0.05, 0) is 24.6 Å². The topological polar surface area (TPSA) is 57.3 Å². The highest BCUT2D eigenvalue weighted by atomic mass is 32.1. The molecule has 7 heteroatoms. The van der Waals surface area contributed by atoms with E-state index in [-0.39, 0.29) is 5.56 Å². The number of benzene rings is 1. The Morgan fingerprint density at radius 3 is 2.60 bits per heavy atom. The Morgan fingerprint density at radius 1 is 1.16 bits per heavy atom. The number of nitrogens with zero attached hydrogens (tertiary/aromatic N) is 2. The zero-order valence-corrected chi connectivity index (χ0v) is 15.6. The lowest BCUT2D eigenvalue weighted by molar-refractivity contribution is -0.908. The first-order chi connectivity index (χ1) is 12.0. The summed E-state index contributed by atoms with van der Waals surface area (Å²) in [5, 5.41) is 1.87. The van der Waals surface area contributed by atoms with Gasteiger partial charge < -0.3 is 14.4 Å². The number of quaternary nitrogens is 1. The van der Waals surface area contributed by atoms with Crippen molar-refractivity contribution in [2.45, 2.75) is 20.0 Å². The molecule has 6 nitrogen and oxygen atoms in total. The molecule has 2 heterocycles. The van der Waals surface area contributed by atoms with E-state index >= 15 is 0 Å². The number of fused-ring (bicyclic) bond motifs is 1. The second-order valence-electron chi connectivity index (χ2n) is 6.09. The van der Waals surface area contributed by atoms with Crippen molar-refractivity contribution in [2.75, 3.05) is 21.3 Å². The first-order valence-electron chi connectivity index (χ1n) is 8.00. The van der Waals surface area contributed by atoms with Gasteiger partial charge in [0.15, 0.2) is 16.5 Å².